The standard InChI is InChI=1S/C25H20FN7O2S2/c1-2-33-31-24(30-32-33)21-14-18-23(37-21)20(10-11-27-18)35-19-9-8-16(13-17(19)26)28-25(36)29-22(34)12-15-6-4-3-5-7-15/h3-11,13-14H,2,12H2,1H3,(H2,28,29,34,36). The van der Waals surface area contributed by atoms with Gasteiger partial charge in [-0.3, -0.25) is 9.78 Å². The predicted molar refractivity (Wildman–Crippen MR) is 143 cm³/mol. The highest BCUT2D eigenvalue weighted by Gasteiger charge is 2.16. The Hall–Kier alpha value is -4.29. The minimum atomic E-state index is -0.599. The topological polar surface area (TPSA) is 107 Å². The smallest absolute Gasteiger partial charge is 0.230 e. The first-order valence-electron chi connectivity index (χ1n) is 11.3. The van der Waals surface area contributed by atoms with Crippen LogP contribution in [-0.4, -0.2) is 36.2 Å². The molecule has 37 heavy (non-hydrogen) atoms. The number of carbonyl (C=O) groups excluding carboxylic acids is 1. The summed E-state index contributed by atoms with van der Waals surface area (Å²) in [5.74, 6) is 0.102. The molecule has 0 aliphatic heterocycles. The van der Waals surface area contributed by atoms with Crippen molar-refractivity contribution in [3.05, 3.63) is 78.2 Å². The Balaban J connectivity index is 1.26. The molecular weight excluding hydrogens is 513 g/mol. The van der Waals surface area contributed by atoms with Gasteiger partial charge in [0.2, 0.25) is 11.7 Å². The number of fused-ring (bicyclic) bond motifs is 1. The number of rotatable bonds is 7. The zero-order valence-electron chi connectivity index (χ0n) is 19.5. The molecule has 0 unspecified atom stereocenters. The maximum Gasteiger partial charge on any atom is 0.230 e. The van der Waals surface area contributed by atoms with Crippen LogP contribution in [0.5, 0.6) is 11.5 Å². The molecule has 2 N–H and O–H groups in total. The second-order valence-electron chi connectivity index (χ2n) is 7.85. The quantitative estimate of drug-likeness (QED) is 0.283. The van der Waals surface area contributed by atoms with E-state index in [1.54, 1.807) is 18.3 Å². The van der Waals surface area contributed by atoms with Crippen LogP contribution in [0.15, 0.2) is 66.9 Å². The Morgan fingerprint density at radius 3 is 2.73 bits per heavy atom. The summed E-state index contributed by atoms with van der Waals surface area (Å²) in [6, 6.07) is 17.2. The molecule has 2 aromatic carbocycles. The van der Waals surface area contributed by atoms with E-state index in [0.29, 0.717) is 29.3 Å². The first-order chi connectivity index (χ1) is 18.0. The van der Waals surface area contributed by atoms with Crippen LogP contribution < -0.4 is 15.4 Å². The fourth-order valence-electron chi connectivity index (χ4n) is 3.48. The number of carbonyl (C=O) groups is 1. The van der Waals surface area contributed by atoms with Gasteiger partial charge < -0.3 is 15.4 Å². The summed E-state index contributed by atoms with van der Waals surface area (Å²) in [5, 5.41) is 17.9. The van der Waals surface area contributed by atoms with Crippen molar-refractivity contribution in [2.24, 2.45) is 0 Å². The van der Waals surface area contributed by atoms with E-state index in [1.807, 2.05) is 43.3 Å². The zero-order chi connectivity index (χ0) is 25.8. The highest BCUT2D eigenvalue weighted by atomic mass is 32.1. The predicted octanol–water partition coefficient (Wildman–Crippen LogP) is 4.96. The lowest BCUT2D eigenvalue weighted by Crippen LogP contribution is -2.35. The SMILES string of the molecule is CCn1nnc(-c2cc3nccc(Oc4ccc(NC(=S)NC(=O)Cc5ccccc5)cc4F)c3s2)n1. The lowest BCUT2D eigenvalue weighted by atomic mass is 10.1. The van der Waals surface area contributed by atoms with E-state index in [0.717, 1.165) is 15.1 Å². The lowest BCUT2D eigenvalue weighted by molar-refractivity contribution is -0.119. The van der Waals surface area contributed by atoms with Crippen LogP contribution >= 0.6 is 23.6 Å². The molecule has 0 atom stereocenters. The molecule has 9 nitrogen and oxygen atoms in total. The Bertz CT molecular complexity index is 1590. The van der Waals surface area contributed by atoms with Gasteiger partial charge in [-0.2, -0.15) is 4.80 Å². The molecule has 12 heteroatoms. The number of ether oxygens (including phenoxy) is 1. The van der Waals surface area contributed by atoms with Gasteiger partial charge >= 0.3 is 0 Å². The van der Waals surface area contributed by atoms with Crippen molar-refractivity contribution in [2.45, 2.75) is 19.9 Å². The molecule has 3 heterocycles. The normalized spacial score (nSPS) is 10.9. The number of hydrogen-bond acceptors (Lipinski definition) is 8. The molecule has 0 saturated carbocycles. The van der Waals surface area contributed by atoms with E-state index in [2.05, 4.69) is 31.0 Å². The first kappa shape index (κ1) is 24.4. The summed E-state index contributed by atoms with van der Waals surface area (Å²) in [6.07, 6.45) is 1.77. The van der Waals surface area contributed by atoms with Crippen LogP contribution in [0.2, 0.25) is 0 Å². The Kier molecular flexibility index (Phi) is 7.10. The number of aromatic nitrogens is 5. The third kappa shape index (κ3) is 5.76. The largest absolute Gasteiger partial charge is 0.453 e. The van der Waals surface area contributed by atoms with Gasteiger partial charge in [0, 0.05) is 24.0 Å². The summed E-state index contributed by atoms with van der Waals surface area (Å²) in [7, 11) is 0. The van der Waals surface area contributed by atoms with E-state index >= 15 is 0 Å². The molecule has 5 rings (SSSR count). The van der Waals surface area contributed by atoms with Crippen LogP contribution in [0, 0.1) is 5.82 Å². The van der Waals surface area contributed by atoms with Gasteiger partial charge in [0.05, 0.1) is 28.1 Å². The van der Waals surface area contributed by atoms with E-state index in [9.17, 15) is 9.18 Å². The number of nitrogens with zero attached hydrogens (tertiary/aromatic N) is 5. The molecule has 0 aliphatic carbocycles. The molecule has 0 aliphatic rings. The van der Waals surface area contributed by atoms with Gasteiger partial charge in [-0.1, -0.05) is 30.3 Å². The number of hydrogen-bond donors (Lipinski definition) is 2. The molecule has 1 amide bonds. The third-order valence-electron chi connectivity index (χ3n) is 5.20. The van der Waals surface area contributed by atoms with Gasteiger partial charge in [-0.05, 0) is 48.1 Å². The second kappa shape index (κ2) is 10.8. The molecule has 0 radical (unpaired) electrons. The average molecular weight is 534 g/mol. The summed E-state index contributed by atoms with van der Waals surface area (Å²) >= 11 is 6.58. The van der Waals surface area contributed by atoms with Crippen LogP contribution in [0.3, 0.4) is 0 Å². The maximum absolute atomic E-state index is 14.9. The number of amides is 1. The number of halogens is 1. The van der Waals surface area contributed by atoms with Gasteiger partial charge in [-0.25, -0.2) is 4.39 Å². The number of nitrogens with one attached hydrogen (secondary N) is 2. The van der Waals surface area contributed by atoms with E-state index < -0.39 is 5.82 Å². The summed E-state index contributed by atoms with van der Waals surface area (Å²) in [6.45, 7) is 2.54. The summed E-state index contributed by atoms with van der Waals surface area (Å²) in [5.41, 5.74) is 1.92. The van der Waals surface area contributed by atoms with Crippen LogP contribution in [0.4, 0.5) is 10.1 Å². The molecule has 0 bridgehead atoms. The first-order valence-corrected chi connectivity index (χ1v) is 12.5. The van der Waals surface area contributed by atoms with Crippen LogP contribution in [0.1, 0.15) is 12.5 Å². The van der Waals surface area contributed by atoms with Crippen molar-refractivity contribution in [3.63, 3.8) is 0 Å². The molecule has 5 aromatic rings. The minimum absolute atomic E-state index is 0.0297. The lowest BCUT2D eigenvalue weighted by Gasteiger charge is -2.12. The number of thiocarbonyl (C=S) groups is 1. The highest BCUT2D eigenvalue weighted by Crippen LogP contribution is 2.38. The van der Waals surface area contributed by atoms with Crippen molar-refractivity contribution in [2.75, 3.05) is 5.32 Å². The van der Waals surface area contributed by atoms with Gasteiger partial charge in [0.25, 0.3) is 0 Å². The zero-order valence-corrected chi connectivity index (χ0v) is 21.1. The van der Waals surface area contributed by atoms with Gasteiger partial charge in [0.1, 0.15) is 5.75 Å². The third-order valence-corrected chi connectivity index (χ3v) is 6.54. The summed E-state index contributed by atoms with van der Waals surface area (Å²) in [4.78, 5) is 18.8. The fraction of sp³-hybridized carbons (Fsp3) is 0.120. The number of aryl methyl sites for hydroxylation is 1. The van der Waals surface area contributed by atoms with Crippen LogP contribution in [0.25, 0.3) is 20.9 Å². The van der Waals surface area contributed by atoms with Gasteiger partial charge in [-0.15, -0.1) is 21.5 Å². The molecule has 0 fully saturated rings. The van der Waals surface area contributed by atoms with Crippen LogP contribution in [-0.2, 0) is 17.8 Å². The Labute approximate surface area is 220 Å². The fourth-order valence-corrected chi connectivity index (χ4v) is 4.70. The summed E-state index contributed by atoms with van der Waals surface area (Å²) < 4.78 is 21.5. The number of benzene rings is 2. The van der Waals surface area contributed by atoms with E-state index in [-0.39, 0.29) is 23.2 Å². The molecule has 3 aromatic heterocycles. The van der Waals surface area contributed by atoms with Crippen molar-refractivity contribution >= 4 is 50.5 Å². The molecule has 0 saturated heterocycles. The number of anilines is 1. The van der Waals surface area contributed by atoms with Crippen molar-refractivity contribution in [3.8, 4) is 22.2 Å². The molecule has 0 spiro atoms. The number of pyridine rings is 1. The monoisotopic (exact) mass is 533 g/mol. The highest BCUT2D eigenvalue weighted by molar-refractivity contribution is 7.80. The van der Waals surface area contributed by atoms with Gasteiger partial charge in [0.15, 0.2) is 16.7 Å². The van der Waals surface area contributed by atoms with Crippen molar-refractivity contribution in [1.29, 1.82) is 0 Å². The number of tetrazole rings is 1. The Morgan fingerprint density at radius 2 is 1.97 bits per heavy atom. The average Bonchev–Trinajstić information content (AvgIpc) is 3.54. The number of thiophene rings is 1. The van der Waals surface area contributed by atoms with Crippen molar-refractivity contribution in [1.82, 2.24) is 30.5 Å². The van der Waals surface area contributed by atoms with E-state index in [4.69, 9.17) is 17.0 Å². The Morgan fingerprint density at radius 1 is 1.14 bits per heavy atom. The molecular formula is C25H20FN7O2S2. The molecule has 186 valence electrons. The second-order valence-corrected chi connectivity index (χ2v) is 9.31. The minimum Gasteiger partial charge on any atom is -0.453 e. The van der Waals surface area contributed by atoms with E-state index in [1.165, 1.54) is 28.3 Å². The van der Waals surface area contributed by atoms with Crippen molar-refractivity contribution < 1.29 is 13.9 Å². The maximum atomic E-state index is 14.9.